The topological polar surface area (TPSA) is 83.5 Å². The number of rotatable bonds is 5. The molecule has 174 valence electrons. The first-order valence-corrected chi connectivity index (χ1v) is 12.1. The van der Waals surface area contributed by atoms with Crippen molar-refractivity contribution in [3.63, 3.8) is 0 Å². The Hall–Kier alpha value is -2.12. The maximum absolute atomic E-state index is 12.8. The highest BCUT2D eigenvalue weighted by molar-refractivity contribution is 6.30. The number of carbonyl (C=O) groups excluding carboxylic acids is 1. The highest BCUT2D eigenvalue weighted by atomic mass is 35.5. The highest BCUT2D eigenvalue weighted by Crippen LogP contribution is 2.38. The maximum Gasteiger partial charge on any atom is 0.313 e. The number of esters is 1. The lowest BCUT2D eigenvalue weighted by Gasteiger charge is -2.49. The Bertz CT molecular complexity index is 879. The van der Waals surface area contributed by atoms with Crippen LogP contribution >= 0.6 is 11.6 Å². The number of amidine groups is 2. The van der Waals surface area contributed by atoms with Crippen molar-refractivity contribution < 1.29 is 9.53 Å². The molecule has 3 heterocycles. The molecule has 1 aromatic carbocycles. The van der Waals surface area contributed by atoms with Crippen molar-refractivity contribution in [3.05, 3.63) is 34.9 Å². The largest absolute Gasteiger partial charge is 0.466 e. The minimum atomic E-state index is -0.457. The first-order chi connectivity index (χ1) is 15.4. The average molecular weight is 460 g/mol. The van der Waals surface area contributed by atoms with Crippen LogP contribution in [0.1, 0.15) is 51.5 Å². The molecule has 32 heavy (non-hydrogen) atoms. The molecule has 3 aliphatic rings. The standard InChI is InChI=1S/C24H34ClN5O2/c1-3-32-23(31)24(2)11-8-20(14-17-4-6-18(25)7-5-17)30(16-24)19-9-12-29(13-10-19)22-15-21(26)27-28-22/h4-7,19-20H,3,8-16H2,1-2H3,(H2,26,27)/t20-,24?/m1/s1. The zero-order chi connectivity index (χ0) is 22.7. The zero-order valence-corrected chi connectivity index (χ0v) is 19.9. The van der Waals surface area contributed by atoms with Gasteiger partial charge in [0.2, 0.25) is 0 Å². The molecular weight excluding hydrogens is 426 g/mol. The molecule has 7 nitrogen and oxygen atoms in total. The number of benzene rings is 1. The summed E-state index contributed by atoms with van der Waals surface area (Å²) in [5.41, 5.74) is 6.64. The van der Waals surface area contributed by atoms with Gasteiger partial charge in [-0.25, -0.2) is 0 Å². The average Bonchev–Trinajstić information content (AvgIpc) is 3.23. The molecule has 0 radical (unpaired) electrons. The fourth-order valence-corrected chi connectivity index (χ4v) is 5.38. The van der Waals surface area contributed by atoms with Gasteiger partial charge in [-0.3, -0.25) is 9.69 Å². The molecule has 0 amide bonds. The molecule has 0 aromatic heterocycles. The number of ether oxygens (including phenoxy) is 1. The fraction of sp³-hybridized carbons (Fsp3) is 0.625. The van der Waals surface area contributed by atoms with Gasteiger partial charge in [-0.05, 0) is 63.6 Å². The molecular formula is C24H34ClN5O2. The first kappa shape index (κ1) is 23.1. The van der Waals surface area contributed by atoms with Gasteiger partial charge in [0, 0.05) is 36.7 Å². The minimum absolute atomic E-state index is 0.0692. The van der Waals surface area contributed by atoms with Gasteiger partial charge in [0.05, 0.1) is 18.4 Å². The molecule has 0 spiro atoms. The van der Waals surface area contributed by atoms with Crippen molar-refractivity contribution >= 4 is 29.2 Å². The van der Waals surface area contributed by atoms with Crippen molar-refractivity contribution in [1.82, 2.24) is 9.80 Å². The quantitative estimate of drug-likeness (QED) is 0.682. The van der Waals surface area contributed by atoms with Gasteiger partial charge in [-0.2, -0.15) is 0 Å². The zero-order valence-electron chi connectivity index (χ0n) is 19.1. The summed E-state index contributed by atoms with van der Waals surface area (Å²) in [6.07, 6.45) is 5.52. The van der Waals surface area contributed by atoms with Crippen molar-refractivity contribution in [1.29, 1.82) is 0 Å². The molecule has 0 aliphatic carbocycles. The first-order valence-electron chi connectivity index (χ1n) is 11.7. The van der Waals surface area contributed by atoms with Crippen LogP contribution in [0.2, 0.25) is 5.02 Å². The predicted molar refractivity (Wildman–Crippen MR) is 128 cm³/mol. The summed E-state index contributed by atoms with van der Waals surface area (Å²) in [6.45, 7) is 6.99. The van der Waals surface area contributed by atoms with Crippen LogP contribution in [0.25, 0.3) is 0 Å². The third kappa shape index (κ3) is 5.09. The number of hydrogen-bond donors (Lipinski definition) is 1. The van der Waals surface area contributed by atoms with E-state index in [0.717, 1.165) is 62.6 Å². The van der Waals surface area contributed by atoms with E-state index < -0.39 is 5.41 Å². The Morgan fingerprint density at radius 1 is 1.22 bits per heavy atom. The van der Waals surface area contributed by atoms with Crippen LogP contribution in [0.5, 0.6) is 0 Å². The molecule has 0 bridgehead atoms. The van der Waals surface area contributed by atoms with E-state index in [1.165, 1.54) is 5.56 Å². The van der Waals surface area contributed by atoms with E-state index in [2.05, 4.69) is 39.1 Å². The second kappa shape index (κ2) is 9.79. The van der Waals surface area contributed by atoms with E-state index in [1.807, 2.05) is 19.1 Å². The van der Waals surface area contributed by atoms with E-state index in [9.17, 15) is 4.79 Å². The van der Waals surface area contributed by atoms with Crippen molar-refractivity contribution in [2.75, 3.05) is 26.2 Å². The molecule has 2 N–H and O–H groups in total. The monoisotopic (exact) mass is 459 g/mol. The predicted octanol–water partition coefficient (Wildman–Crippen LogP) is 3.46. The summed E-state index contributed by atoms with van der Waals surface area (Å²) in [5.74, 6) is 1.50. The Labute approximate surface area is 195 Å². The lowest BCUT2D eigenvalue weighted by Crippen LogP contribution is -2.58. The van der Waals surface area contributed by atoms with E-state index >= 15 is 0 Å². The fourth-order valence-electron chi connectivity index (χ4n) is 5.26. The SMILES string of the molecule is CCOC(=O)C1(C)CC[C@H](Cc2ccc(Cl)cc2)N(C2CCN(C3=NN=C(N)C3)CC2)C1. The normalized spacial score (nSPS) is 27.2. The van der Waals surface area contributed by atoms with Crippen LogP contribution < -0.4 is 5.73 Å². The summed E-state index contributed by atoms with van der Waals surface area (Å²) in [4.78, 5) is 17.7. The molecule has 2 fully saturated rings. The lowest BCUT2D eigenvalue weighted by molar-refractivity contribution is -0.160. The van der Waals surface area contributed by atoms with Crippen molar-refractivity contribution in [3.8, 4) is 0 Å². The van der Waals surface area contributed by atoms with Crippen molar-refractivity contribution in [2.24, 2.45) is 21.4 Å². The van der Waals surface area contributed by atoms with E-state index in [0.29, 0.717) is 30.9 Å². The van der Waals surface area contributed by atoms with Gasteiger partial charge in [0.1, 0.15) is 11.7 Å². The number of likely N-dealkylation sites (tertiary alicyclic amines) is 2. The molecule has 1 aromatic rings. The summed E-state index contributed by atoms with van der Waals surface area (Å²) >= 11 is 6.09. The van der Waals surface area contributed by atoms with Gasteiger partial charge in [-0.15, -0.1) is 10.2 Å². The van der Waals surface area contributed by atoms with E-state index in [4.69, 9.17) is 22.1 Å². The Balaban J connectivity index is 1.47. The van der Waals surface area contributed by atoms with Crippen LogP contribution in [-0.4, -0.2) is 65.8 Å². The summed E-state index contributed by atoms with van der Waals surface area (Å²) in [6, 6.07) is 8.98. The number of piperidine rings is 2. The van der Waals surface area contributed by atoms with Crippen LogP contribution in [0.15, 0.2) is 34.5 Å². The molecule has 4 rings (SSSR count). The number of hydrogen-bond acceptors (Lipinski definition) is 7. The third-order valence-electron chi connectivity index (χ3n) is 7.11. The van der Waals surface area contributed by atoms with Gasteiger partial charge in [0.25, 0.3) is 0 Å². The van der Waals surface area contributed by atoms with Gasteiger partial charge >= 0.3 is 5.97 Å². The number of nitrogens with two attached hydrogens (primary N) is 1. The van der Waals surface area contributed by atoms with Gasteiger partial charge in [0.15, 0.2) is 0 Å². The third-order valence-corrected chi connectivity index (χ3v) is 7.37. The molecule has 0 saturated carbocycles. The summed E-state index contributed by atoms with van der Waals surface area (Å²) in [5, 5.41) is 8.99. The summed E-state index contributed by atoms with van der Waals surface area (Å²) in [7, 11) is 0. The van der Waals surface area contributed by atoms with E-state index in [1.54, 1.807) is 0 Å². The molecule has 2 saturated heterocycles. The Morgan fingerprint density at radius 2 is 1.94 bits per heavy atom. The lowest BCUT2D eigenvalue weighted by atomic mass is 9.77. The van der Waals surface area contributed by atoms with Crippen LogP contribution in [0, 0.1) is 5.41 Å². The number of nitrogens with zero attached hydrogens (tertiary/aromatic N) is 4. The van der Waals surface area contributed by atoms with Crippen molar-refractivity contribution in [2.45, 2.75) is 64.5 Å². The second-order valence-corrected chi connectivity index (χ2v) is 9.92. The molecule has 3 aliphatic heterocycles. The molecule has 8 heteroatoms. The van der Waals surface area contributed by atoms with Crippen LogP contribution in [0.4, 0.5) is 0 Å². The summed E-state index contributed by atoms with van der Waals surface area (Å²) < 4.78 is 5.45. The Morgan fingerprint density at radius 3 is 2.56 bits per heavy atom. The number of carbonyl (C=O) groups is 1. The van der Waals surface area contributed by atoms with Crippen LogP contribution in [-0.2, 0) is 16.0 Å². The highest BCUT2D eigenvalue weighted by Gasteiger charge is 2.45. The van der Waals surface area contributed by atoms with Crippen LogP contribution in [0.3, 0.4) is 0 Å². The smallest absolute Gasteiger partial charge is 0.313 e. The molecule has 2 atom stereocenters. The minimum Gasteiger partial charge on any atom is -0.466 e. The van der Waals surface area contributed by atoms with Gasteiger partial charge < -0.3 is 15.4 Å². The molecule has 1 unspecified atom stereocenters. The maximum atomic E-state index is 12.8. The Kier molecular flexibility index (Phi) is 7.05. The number of halogens is 1. The van der Waals surface area contributed by atoms with Gasteiger partial charge in [-0.1, -0.05) is 23.7 Å². The van der Waals surface area contributed by atoms with E-state index in [-0.39, 0.29) is 5.97 Å². The second-order valence-electron chi connectivity index (χ2n) is 9.48.